The molecular formula is C15H24F2N2O. The van der Waals surface area contributed by atoms with Crippen LogP contribution in [0, 0.1) is 11.6 Å². The third-order valence-electron chi connectivity index (χ3n) is 3.10. The number of hydrogen-bond donors (Lipinski definition) is 2. The standard InChI is InChI=1S/C15H24F2N2O/c1-4-6-18-10-12-8-13(16)15(14(17)9-12)19(3)7-5-11(2)20/h8-9,11,18,20H,4-7,10H2,1-3H3. The fourth-order valence-corrected chi connectivity index (χ4v) is 1.99. The molecule has 0 heterocycles. The molecule has 0 aliphatic heterocycles. The molecule has 1 aromatic rings. The summed E-state index contributed by atoms with van der Waals surface area (Å²) in [5, 5.41) is 12.3. The second-order valence-corrected chi connectivity index (χ2v) is 5.14. The normalized spacial score (nSPS) is 12.5. The van der Waals surface area contributed by atoms with Crippen LogP contribution in [0.25, 0.3) is 0 Å². The zero-order chi connectivity index (χ0) is 15.1. The van der Waals surface area contributed by atoms with Gasteiger partial charge in [0.1, 0.15) is 17.3 Å². The van der Waals surface area contributed by atoms with Crippen LogP contribution in [0.5, 0.6) is 0 Å². The van der Waals surface area contributed by atoms with Gasteiger partial charge in [0.15, 0.2) is 0 Å². The van der Waals surface area contributed by atoms with E-state index < -0.39 is 17.7 Å². The van der Waals surface area contributed by atoms with E-state index in [1.54, 1.807) is 14.0 Å². The number of rotatable bonds is 8. The molecule has 0 bridgehead atoms. The second-order valence-electron chi connectivity index (χ2n) is 5.14. The summed E-state index contributed by atoms with van der Waals surface area (Å²) >= 11 is 0. The molecule has 3 nitrogen and oxygen atoms in total. The van der Waals surface area contributed by atoms with Crippen LogP contribution < -0.4 is 10.2 Å². The SMILES string of the molecule is CCCNCc1cc(F)c(N(C)CCC(C)O)c(F)c1. The Bertz CT molecular complexity index is 401. The van der Waals surface area contributed by atoms with Gasteiger partial charge in [-0.25, -0.2) is 8.78 Å². The fourth-order valence-electron chi connectivity index (χ4n) is 1.99. The van der Waals surface area contributed by atoms with Gasteiger partial charge in [-0.1, -0.05) is 6.92 Å². The van der Waals surface area contributed by atoms with Crippen LogP contribution in [0.3, 0.4) is 0 Å². The van der Waals surface area contributed by atoms with E-state index >= 15 is 0 Å². The molecule has 5 heteroatoms. The molecule has 0 radical (unpaired) electrons. The van der Waals surface area contributed by atoms with Gasteiger partial charge in [-0.3, -0.25) is 0 Å². The molecule has 2 N–H and O–H groups in total. The fraction of sp³-hybridized carbons (Fsp3) is 0.600. The number of nitrogens with one attached hydrogen (secondary N) is 1. The van der Waals surface area contributed by atoms with Gasteiger partial charge in [0, 0.05) is 20.1 Å². The lowest BCUT2D eigenvalue weighted by Crippen LogP contribution is -2.24. The lowest BCUT2D eigenvalue weighted by molar-refractivity contribution is 0.186. The maximum absolute atomic E-state index is 14.0. The van der Waals surface area contributed by atoms with E-state index in [2.05, 4.69) is 5.32 Å². The Morgan fingerprint density at radius 2 is 1.90 bits per heavy atom. The maximum atomic E-state index is 14.0. The lowest BCUT2D eigenvalue weighted by Gasteiger charge is -2.22. The summed E-state index contributed by atoms with van der Waals surface area (Å²) in [5.41, 5.74) is 0.561. The van der Waals surface area contributed by atoms with E-state index in [-0.39, 0.29) is 5.69 Å². The van der Waals surface area contributed by atoms with Crippen LogP contribution >= 0.6 is 0 Å². The summed E-state index contributed by atoms with van der Waals surface area (Å²) in [6.07, 6.45) is 0.960. The Morgan fingerprint density at radius 3 is 2.40 bits per heavy atom. The maximum Gasteiger partial charge on any atom is 0.149 e. The Hall–Kier alpha value is -1.20. The third-order valence-corrected chi connectivity index (χ3v) is 3.10. The highest BCUT2D eigenvalue weighted by Gasteiger charge is 2.15. The summed E-state index contributed by atoms with van der Waals surface area (Å²) in [7, 11) is 1.62. The first-order valence-electron chi connectivity index (χ1n) is 7.03. The molecule has 0 aliphatic rings. The van der Waals surface area contributed by atoms with Gasteiger partial charge in [0.05, 0.1) is 6.10 Å². The molecule has 0 fully saturated rings. The van der Waals surface area contributed by atoms with Crippen molar-refractivity contribution >= 4 is 5.69 Å². The summed E-state index contributed by atoms with van der Waals surface area (Å²) in [4.78, 5) is 1.50. The van der Waals surface area contributed by atoms with Gasteiger partial charge in [-0.15, -0.1) is 0 Å². The molecular weight excluding hydrogens is 262 g/mol. The number of benzene rings is 1. The Labute approximate surface area is 119 Å². The van der Waals surface area contributed by atoms with Crippen molar-refractivity contribution in [3.63, 3.8) is 0 Å². The first kappa shape index (κ1) is 16.9. The van der Waals surface area contributed by atoms with Crippen LogP contribution in [0.1, 0.15) is 32.3 Å². The molecule has 1 rings (SSSR count). The molecule has 0 aromatic heterocycles. The van der Waals surface area contributed by atoms with Gasteiger partial charge in [0.2, 0.25) is 0 Å². The van der Waals surface area contributed by atoms with E-state index in [9.17, 15) is 13.9 Å². The Morgan fingerprint density at radius 1 is 1.30 bits per heavy atom. The molecule has 1 unspecified atom stereocenters. The summed E-state index contributed by atoms with van der Waals surface area (Å²) in [6.45, 7) is 5.37. The van der Waals surface area contributed by atoms with Crippen molar-refractivity contribution in [2.24, 2.45) is 0 Å². The molecule has 0 saturated carbocycles. The van der Waals surface area contributed by atoms with E-state index in [1.807, 2.05) is 6.92 Å². The van der Waals surface area contributed by atoms with E-state index in [0.29, 0.717) is 25.1 Å². The van der Waals surface area contributed by atoms with Crippen molar-refractivity contribution in [3.8, 4) is 0 Å². The molecule has 0 amide bonds. The zero-order valence-electron chi connectivity index (χ0n) is 12.4. The number of aliphatic hydroxyl groups excluding tert-OH is 1. The molecule has 20 heavy (non-hydrogen) atoms. The average molecular weight is 286 g/mol. The Balaban J connectivity index is 2.77. The molecule has 0 spiro atoms. The minimum atomic E-state index is -0.564. The number of halogens is 2. The molecule has 114 valence electrons. The highest BCUT2D eigenvalue weighted by molar-refractivity contribution is 5.50. The molecule has 0 aliphatic carbocycles. The quantitative estimate of drug-likeness (QED) is 0.721. The number of hydrogen-bond acceptors (Lipinski definition) is 3. The topological polar surface area (TPSA) is 35.5 Å². The molecule has 1 atom stereocenters. The second kappa shape index (κ2) is 8.17. The van der Waals surface area contributed by atoms with E-state index in [1.165, 1.54) is 17.0 Å². The first-order valence-corrected chi connectivity index (χ1v) is 7.03. The molecule has 0 saturated heterocycles. The van der Waals surface area contributed by atoms with Crippen LogP contribution in [0.4, 0.5) is 14.5 Å². The highest BCUT2D eigenvalue weighted by atomic mass is 19.1. The smallest absolute Gasteiger partial charge is 0.149 e. The minimum absolute atomic E-state index is 0.0371. The van der Waals surface area contributed by atoms with Crippen molar-refractivity contribution in [3.05, 3.63) is 29.3 Å². The van der Waals surface area contributed by atoms with Crippen molar-refractivity contribution < 1.29 is 13.9 Å². The predicted molar refractivity (Wildman–Crippen MR) is 77.9 cm³/mol. The third kappa shape index (κ3) is 5.06. The highest BCUT2D eigenvalue weighted by Crippen LogP contribution is 2.24. The monoisotopic (exact) mass is 286 g/mol. The summed E-state index contributed by atoms with van der Waals surface area (Å²) in [5.74, 6) is -1.13. The summed E-state index contributed by atoms with van der Waals surface area (Å²) in [6, 6.07) is 2.72. The van der Waals surface area contributed by atoms with Crippen LogP contribution in [0.2, 0.25) is 0 Å². The van der Waals surface area contributed by atoms with Crippen molar-refractivity contribution in [2.45, 2.75) is 39.3 Å². The number of aliphatic hydroxyl groups is 1. The van der Waals surface area contributed by atoms with Gasteiger partial charge >= 0.3 is 0 Å². The predicted octanol–water partition coefficient (Wildman–Crippen LogP) is 2.67. The average Bonchev–Trinajstić information content (AvgIpc) is 2.36. The van der Waals surface area contributed by atoms with Gasteiger partial charge in [0.25, 0.3) is 0 Å². The zero-order valence-corrected chi connectivity index (χ0v) is 12.4. The molecule has 1 aromatic carbocycles. The van der Waals surface area contributed by atoms with E-state index in [4.69, 9.17) is 0 Å². The number of anilines is 1. The van der Waals surface area contributed by atoms with Crippen LogP contribution in [0.15, 0.2) is 12.1 Å². The Kier molecular flexibility index (Phi) is 6.88. The minimum Gasteiger partial charge on any atom is -0.393 e. The van der Waals surface area contributed by atoms with Gasteiger partial charge in [-0.05, 0) is 44.0 Å². The van der Waals surface area contributed by atoms with E-state index in [0.717, 1.165) is 13.0 Å². The van der Waals surface area contributed by atoms with Crippen molar-refractivity contribution in [1.82, 2.24) is 5.32 Å². The lowest BCUT2D eigenvalue weighted by atomic mass is 10.1. The van der Waals surface area contributed by atoms with Crippen LogP contribution in [-0.2, 0) is 6.54 Å². The number of nitrogens with zero attached hydrogens (tertiary/aromatic N) is 1. The van der Waals surface area contributed by atoms with Gasteiger partial charge in [-0.2, -0.15) is 0 Å². The van der Waals surface area contributed by atoms with Crippen molar-refractivity contribution in [2.75, 3.05) is 25.0 Å². The van der Waals surface area contributed by atoms with Crippen molar-refractivity contribution in [1.29, 1.82) is 0 Å². The van der Waals surface area contributed by atoms with Crippen LogP contribution in [-0.4, -0.2) is 31.3 Å². The summed E-state index contributed by atoms with van der Waals surface area (Å²) < 4.78 is 28.0. The first-order chi connectivity index (χ1) is 9.45. The van der Waals surface area contributed by atoms with Gasteiger partial charge < -0.3 is 15.3 Å². The largest absolute Gasteiger partial charge is 0.393 e.